The minimum atomic E-state index is -1.51. The number of hydrogen-bond donors (Lipinski definition) is 2. The Morgan fingerprint density at radius 2 is 2.04 bits per heavy atom. The number of carboxylic acids is 1. The first kappa shape index (κ1) is 17.0. The monoisotopic (exact) mass is 335 g/mol. The first-order chi connectivity index (χ1) is 10.9. The van der Waals surface area contributed by atoms with Crippen LogP contribution in [0.5, 0.6) is 0 Å². The minimum Gasteiger partial charge on any atom is -0.479 e. The molecule has 1 aromatic carbocycles. The molecule has 0 fully saturated rings. The zero-order valence-electron chi connectivity index (χ0n) is 12.9. The van der Waals surface area contributed by atoms with Crippen molar-refractivity contribution in [2.45, 2.75) is 31.8 Å². The zero-order chi connectivity index (χ0) is 17.0. The van der Waals surface area contributed by atoms with E-state index in [0.717, 1.165) is 0 Å². The highest BCUT2D eigenvalue weighted by Gasteiger charge is 2.41. The number of carboxylic acid groups (broad SMARTS) is 1. The largest absolute Gasteiger partial charge is 0.479 e. The van der Waals surface area contributed by atoms with E-state index in [1.54, 1.807) is 56.6 Å². The van der Waals surface area contributed by atoms with Gasteiger partial charge in [0.05, 0.1) is 0 Å². The van der Waals surface area contributed by atoms with Gasteiger partial charge in [0.25, 0.3) is 0 Å². The molecule has 0 aliphatic carbocycles. The molecule has 1 heterocycles. The molecule has 0 aliphatic rings. The number of halogens is 1. The third-order valence-corrected chi connectivity index (χ3v) is 4.12. The summed E-state index contributed by atoms with van der Waals surface area (Å²) in [5, 5.41) is 16.9. The van der Waals surface area contributed by atoms with Crippen LogP contribution in [0.3, 0.4) is 0 Å². The number of nitrogens with zero attached hydrogens (tertiary/aromatic N) is 2. The van der Waals surface area contributed by atoms with Gasteiger partial charge in [-0.3, -0.25) is 9.48 Å². The topological polar surface area (TPSA) is 84.2 Å². The number of aromatic nitrogens is 2. The lowest BCUT2D eigenvalue weighted by Gasteiger charge is -2.31. The molecule has 1 aromatic heterocycles. The molecule has 6 nitrogen and oxygen atoms in total. The third kappa shape index (κ3) is 3.37. The number of benzene rings is 1. The summed E-state index contributed by atoms with van der Waals surface area (Å²) in [5.41, 5.74) is -1.04. The molecule has 0 bridgehead atoms. The van der Waals surface area contributed by atoms with E-state index in [0.29, 0.717) is 10.6 Å². The number of hydrogen-bond acceptors (Lipinski definition) is 3. The van der Waals surface area contributed by atoms with Crippen LogP contribution in [0.25, 0.3) is 0 Å². The summed E-state index contributed by atoms with van der Waals surface area (Å²) in [7, 11) is 0. The van der Waals surface area contributed by atoms with Crippen molar-refractivity contribution in [3.05, 3.63) is 53.3 Å². The quantitative estimate of drug-likeness (QED) is 0.849. The Balaban J connectivity index is 2.34. The molecule has 0 radical (unpaired) electrons. The fourth-order valence-electron chi connectivity index (χ4n) is 2.37. The second-order valence-corrected chi connectivity index (χ2v) is 5.66. The lowest BCUT2D eigenvalue weighted by atomic mass is 9.87. The number of carbonyl (C=O) groups excluding carboxylic acids is 1. The molecule has 1 amide bonds. The van der Waals surface area contributed by atoms with Gasteiger partial charge in [-0.05, 0) is 37.1 Å². The smallest absolute Gasteiger partial charge is 0.334 e. The Morgan fingerprint density at radius 3 is 2.52 bits per heavy atom. The average Bonchev–Trinajstić information content (AvgIpc) is 3.06. The highest BCUT2D eigenvalue weighted by molar-refractivity contribution is 6.30. The van der Waals surface area contributed by atoms with Crippen LogP contribution in [0.1, 0.15) is 31.9 Å². The van der Waals surface area contributed by atoms with Gasteiger partial charge >= 0.3 is 5.97 Å². The van der Waals surface area contributed by atoms with E-state index in [1.807, 2.05) is 0 Å². The summed E-state index contributed by atoms with van der Waals surface area (Å²) >= 11 is 5.86. The maximum Gasteiger partial charge on any atom is 0.334 e. The van der Waals surface area contributed by atoms with Gasteiger partial charge in [0, 0.05) is 17.4 Å². The number of rotatable bonds is 6. The number of aliphatic carboxylic acids is 1. The molecule has 0 saturated carbocycles. The fraction of sp³-hybridized carbons (Fsp3) is 0.312. The van der Waals surface area contributed by atoms with Crippen molar-refractivity contribution in [1.82, 2.24) is 15.1 Å². The highest BCUT2D eigenvalue weighted by atomic mass is 35.5. The Hall–Kier alpha value is -2.34. The van der Waals surface area contributed by atoms with E-state index >= 15 is 0 Å². The van der Waals surface area contributed by atoms with Gasteiger partial charge in [-0.15, -0.1) is 0 Å². The van der Waals surface area contributed by atoms with Crippen molar-refractivity contribution in [3.63, 3.8) is 0 Å². The Bertz CT molecular complexity index is 685. The van der Waals surface area contributed by atoms with Crippen LogP contribution in [-0.2, 0) is 15.1 Å². The van der Waals surface area contributed by atoms with Crippen LogP contribution < -0.4 is 5.32 Å². The van der Waals surface area contributed by atoms with Gasteiger partial charge in [-0.2, -0.15) is 5.10 Å². The second-order valence-electron chi connectivity index (χ2n) is 5.22. The molecule has 7 heteroatoms. The Labute approximate surface area is 139 Å². The maximum atomic E-state index is 12.5. The van der Waals surface area contributed by atoms with Crippen molar-refractivity contribution in [2.24, 2.45) is 0 Å². The Morgan fingerprint density at radius 1 is 1.39 bits per heavy atom. The van der Waals surface area contributed by atoms with Gasteiger partial charge in [-0.25, -0.2) is 4.79 Å². The SMILES string of the molecule is CCC(NC(=O)C(C)n1cccn1)(C(=O)O)c1ccc(Cl)cc1. The van der Waals surface area contributed by atoms with Gasteiger partial charge in [0.15, 0.2) is 5.54 Å². The second kappa shape index (κ2) is 6.83. The summed E-state index contributed by atoms with van der Waals surface area (Å²) in [5.74, 6) is -1.55. The molecule has 122 valence electrons. The van der Waals surface area contributed by atoms with Crippen LogP contribution in [0.15, 0.2) is 42.7 Å². The van der Waals surface area contributed by atoms with Crippen molar-refractivity contribution < 1.29 is 14.7 Å². The molecular formula is C16H18ClN3O3. The van der Waals surface area contributed by atoms with E-state index in [2.05, 4.69) is 10.4 Å². The van der Waals surface area contributed by atoms with E-state index in [1.165, 1.54) is 4.68 Å². The molecule has 2 aromatic rings. The van der Waals surface area contributed by atoms with Crippen LogP contribution >= 0.6 is 11.6 Å². The fourth-order valence-corrected chi connectivity index (χ4v) is 2.50. The molecule has 2 rings (SSSR count). The number of carbonyl (C=O) groups is 2. The summed E-state index contributed by atoms with van der Waals surface area (Å²) in [6.45, 7) is 3.37. The highest BCUT2D eigenvalue weighted by Crippen LogP contribution is 2.27. The average molecular weight is 336 g/mol. The molecular weight excluding hydrogens is 318 g/mol. The van der Waals surface area contributed by atoms with Gasteiger partial charge in [0.2, 0.25) is 5.91 Å². The predicted octanol–water partition coefficient (Wildman–Crippen LogP) is 2.60. The third-order valence-electron chi connectivity index (χ3n) is 3.87. The van der Waals surface area contributed by atoms with Crippen LogP contribution in [-0.4, -0.2) is 26.8 Å². The van der Waals surface area contributed by atoms with Crippen molar-refractivity contribution in [1.29, 1.82) is 0 Å². The normalized spacial score (nSPS) is 14.7. The van der Waals surface area contributed by atoms with E-state index in [4.69, 9.17) is 11.6 Å². The summed E-state index contributed by atoms with van der Waals surface area (Å²) in [6.07, 6.45) is 3.41. The first-order valence-corrected chi connectivity index (χ1v) is 7.59. The van der Waals surface area contributed by atoms with Crippen molar-refractivity contribution in [2.75, 3.05) is 0 Å². The molecule has 23 heavy (non-hydrogen) atoms. The van der Waals surface area contributed by atoms with E-state index in [9.17, 15) is 14.7 Å². The Kier molecular flexibility index (Phi) is 5.05. The molecule has 2 N–H and O–H groups in total. The predicted molar refractivity (Wildman–Crippen MR) is 86.1 cm³/mol. The van der Waals surface area contributed by atoms with Crippen LogP contribution in [0.4, 0.5) is 0 Å². The van der Waals surface area contributed by atoms with E-state index in [-0.39, 0.29) is 6.42 Å². The van der Waals surface area contributed by atoms with Gasteiger partial charge in [0.1, 0.15) is 6.04 Å². The summed E-state index contributed by atoms with van der Waals surface area (Å²) in [6, 6.07) is 7.51. The molecule has 0 spiro atoms. The number of amides is 1. The summed E-state index contributed by atoms with van der Waals surface area (Å²) < 4.78 is 1.47. The first-order valence-electron chi connectivity index (χ1n) is 7.21. The van der Waals surface area contributed by atoms with Crippen molar-refractivity contribution in [3.8, 4) is 0 Å². The molecule has 0 saturated heterocycles. The lowest BCUT2D eigenvalue weighted by molar-refractivity contribution is -0.149. The van der Waals surface area contributed by atoms with Gasteiger partial charge < -0.3 is 10.4 Å². The zero-order valence-corrected chi connectivity index (χ0v) is 13.6. The van der Waals surface area contributed by atoms with Crippen LogP contribution in [0.2, 0.25) is 5.02 Å². The van der Waals surface area contributed by atoms with Crippen molar-refractivity contribution >= 4 is 23.5 Å². The minimum absolute atomic E-state index is 0.196. The molecule has 0 aliphatic heterocycles. The van der Waals surface area contributed by atoms with Gasteiger partial charge in [-0.1, -0.05) is 30.7 Å². The molecule has 2 atom stereocenters. The molecule has 2 unspecified atom stereocenters. The maximum absolute atomic E-state index is 12.5. The van der Waals surface area contributed by atoms with E-state index < -0.39 is 23.5 Å². The lowest BCUT2D eigenvalue weighted by Crippen LogP contribution is -2.53. The standard InChI is InChI=1S/C16H18ClN3O3/c1-3-16(15(22)23,12-5-7-13(17)8-6-12)19-14(21)11(2)20-10-4-9-18-20/h4-11H,3H2,1-2H3,(H,19,21)(H,22,23). The summed E-state index contributed by atoms with van der Waals surface area (Å²) in [4.78, 5) is 24.4. The number of nitrogens with one attached hydrogen (secondary N) is 1. The van der Waals surface area contributed by atoms with Crippen LogP contribution in [0, 0.1) is 0 Å².